The molecular formula is C11H16F4N2. The Morgan fingerprint density at radius 3 is 1.76 bits per heavy atom. The van der Waals surface area contributed by atoms with Crippen molar-refractivity contribution in [1.82, 2.24) is 10.3 Å². The number of nitrogens with one attached hydrogen (secondary N) is 1. The lowest BCUT2D eigenvalue weighted by Gasteiger charge is -2.07. The molecule has 0 saturated heterocycles. The van der Waals surface area contributed by atoms with Gasteiger partial charge in [0.25, 0.3) is 12.9 Å². The van der Waals surface area contributed by atoms with Crippen LogP contribution in [0.5, 0.6) is 0 Å². The van der Waals surface area contributed by atoms with Gasteiger partial charge in [-0.3, -0.25) is 0 Å². The highest BCUT2D eigenvalue weighted by molar-refractivity contribution is 5.23. The second-order valence-electron chi connectivity index (χ2n) is 2.96. The van der Waals surface area contributed by atoms with Crippen LogP contribution in [0, 0.1) is 0 Å². The van der Waals surface area contributed by atoms with Crippen LogP contribution in [0.1, 0.15) is 43.6 Å². The summed E-state index contributed by atoms with van der Waals surface area (Å²) in [6, 6.07) is 2.24. The van der Waals surface area contributed by atoms with E-state index in [-0.39, 0.29) is 6.54 Å². The average Bonchev–Trinajstić information content (AvgIpc) is 2.31. The Balaban J connectivity index is 0.00000121. The molecule has 0 amide bonds. The average molecular weight is 252 g/mol. The Labute approximate surface area is 98.1 Å². The molecule has 0 aromatic carbocycles. The predicted octanol–water partition coefficient (Wildman–Crippen LogP) is 3.70. The quantitative estimate of drug-likeness (QED) is 0.826. The first kappa shape index (κ1) is 15.8. The summed E-state index contributed by atoms with van der Waals surface area (Å²) in [5.74, 6) is 0. The SMILES string of the molecule is CC.CNCc1cc(C(F)F)nc(C(F)F)c1. The number of rotatable bonds is 4. The Morgan fingerprint density at radius 2 is 1.47 bits per heavy atom. The van der Waals surface area contributed by atoms with Crippen LogP contribution in [-0.4, -0.2) is 12.0 Å². The Morgan fingerprint density at radius 1 is 1.06 bits per heavy atom. The second-order valence-corrected chi connectivity index (χ2v) is 2.96. The van der Waals surface area contributed by atoms with E-state index >= 15 is 0 Å². The highest BCUT2D eigenvalue weighted by Gasteiger charge is 2.16. The van der Waals surface area contributed by atoms with Crippen molar-refractivity contribution < 1.29 is 17.6 Å². The first-order valence-corrected chi connectivity index (χ1v) is 5.26. The fraction of sp³-hybridized carbons (Fsp3) is 0.545. The van der Waals surface area contributed by atoms with Gasteiger partial charge in [-0.2, -0.15) is 0 Å². The van der Waals surface area contributed by atoms with E-state index in [1.807, 2.05) is 13.8 Å². The number of nitrogens with zero attached hydrogens (tertiary/aromatic N) is 1. The highest BCUT2D eigenvalue weighted by Crippen LogP contribution is 2.23. The van der Waals surface area contributed by atoms with Gasteiger partial charge >= 0.3 is 0 Å². The van der Waals surface area contributed by atoms with Crippen LogP contribution >= 0.6 is 0 Å². The molecule has 1 heterocycles. The van der Waals surface area contributed by atoms with Gasteiger partial charge in [0.1, 0.15) is 11.4 Å². The van der Waals surface area contributed by atoms with E-state index in [4.69, 9.17) is 0 Å². The summed E-state index contributed by atoms with van der Waals surface area (Å²) in [4.78, 5) is 3.19. The molecule has 0 aliphatic rings. The van der Waals surface area contributed by atoms with Crippen molar-refractivity contribution in [1.29, 1.82) is 0 Å². The van der Waals surface area contributed by atoms with Crippen LogP contribution in [0.15, 0.2) is 12.1 Å². The maximum atomic E-state index is 12.3. The number of pyridine rings is 1. The lowest BCUT2D eigenvalue weighted by molar-refractivity contribution is 0.133. The van der Waals surface area contributed by atoms with Crippen molar-refractivity contribution in [2.75, 3.05) is 7.05 Å². The summed E-state index contributed by atoms with van der Waals surface area (Å²) in [5.41, 5.74) is -0.853. The molecule has 0 saturated carbocycles. The van der Waals surface area contributed by atoms with Gasteiger partial charge in [0.05, 0.1) is 0 Å². The monoisotopic (exact) mass is 252 g/mol. The van der Waals surface area contributed by atoms with Crippen LogP contribution in [0.25, 0.3) is 0 Å². The largest absolute Gasteiger partial charge is 0.316 e. The van der Waals surface area contributed by atoms with Crippen molar-refractivity contribution in [2.45, 2.75) is 33.2 Å². The molecule has 0 unspecified atom stereocenters. The summed E-state index contributed by atoms with van der Waals surface area (Å²) >= 11 is 0. The summed E-state index contributed by atoms with van der Waals surface area (Å²) in [5, 5.41) is 2.70. The van der Waals surface area contributed by atoms with E-state index in [0.29, 0.717) is 5.56 Å². The van der Waals surface area contributed by atoms with Gasteiger partial charge in [-0.1, -0.05) is 13.8 Å². The molecule has 98 valence electrons. The molecule has 17 heavy (non-hydrogen) atoms. The lowest BCUT2D eigenvalue weighted by Crippen LogP contribution is -2.08. The lowest BCUT2D eigenvalue weighted by atomic mass is 10.2. The van der Waals surface area contributed by atoms with Gasteiger partial charge in [-0.05, 0) is 24.7 Å². The Hall–Kier alpha value is -1.17. The molecule has 6 heteroatoms. The van der Waals surface area contributed by atoms with E-state index in [0.717, 1.165) is 12.1 Å². The minimum atomic E-state index is -2.83. The maximum Gasteiger partial charge on any atom is 0.280 e. The number of aromatic nitrogens is 1. The van der Waals surface area contributed by atoms with E-state index in [2.05, 4.69) is 10.3 Å². The summed E-state index contributed by atoms with van der Waals surface area (Å²) in [6.07, 6.45) is -5.67. The van der Waals surface area contributed by atoms with Crippen LogP contribution in [0.4, 0.5) is 17.6 Å². The zero-order valence-corrected chi connectivity index (χ0v) is 9.98. The minimum Gasteiger partial charge on any atom is -0.316 e. The van der Waals surface area contributed by atoms with Gasteiger partial charge in [0.15, 0.2) is 0 Å². The Bertz CT molecular complexity index is 303. The van der Waals surface area contributed by atoms with Crippen molar-refractivity contribution in [3.8, 4) is 0 Å². The van der Waals surface area contributed by atoms with Crippen LogP contribution in [-0.2, 0) is 6.54 Å². The molecule has 1 aromatic heterocycles. The Kier molecular flexibility index (Phi) is 7.45. The van der Waals surface area contributed by atoms with Gasteiger partial charge < -0.3 is 5.32 Å². The van der Waals surface area contributed by atoms with Crippen LogP contribution < -0.4 is 5.32 Å². The molecule has 1 aromatic rings. The molecular weight excluding hydrogens is 236 g/mol. The first-order chi connectivity index (χ1) is 8.04. The number of hydrogen-bond donors (Lipinski definition) is 1. The highest BCUT2D eigenvalue weighted by atomic mass is 19.3. The van der Waals surface area contributed by atoms with Gasteiger partial charge in [-0.25, -0.2) is 22.5 Å². The summed E-state index contributed by atoms with van der Waals surface area (Å²) < 4.78 is 49.2. The van der Waals surface area contributed by atoms with Crippen molar-refractivity contribution in [3.63, 3.8) is 0 Å². The van der Waals surface area contributed by atoms with Crippen molar-refractivity contribution in [3.05, 3.63) is 29.1 Å². The van der Waals surface area contributed by atoms with E-state index in [1.54, 1.807) is 7.05 Å². The second kappa shape index (κ2) is 8.00. The normalized spacial score (nSPS) is 10.4. The zero-order valence-electron chi connectivity index (χ0n) is 9.98. The number of hydrogen-bond acceptors (Lipinski definition) is 2. The van der Waals surface area contributed by atoms with Gasteiger partial charge in [0, 0.05) is 6.54 Å². The first-order valence-electron chi connectivity index (χ1n) is 5.26. The third-order valence-corrected chi connectivity index (χ3v) is 1.75. The van der Waals surface area contributed by atoms with Crippen molar-refractivity contribution >= 4 is 0 Å². The van der Waals surface area contributed by atoms with Gasteiger partial charge in [-0.15, -0.1) is 0 Å². The molecule has 0 aliphatic carbocycles. The standard InChI is InChI=1S/C9H10F4N2.C2H6/c1-14-4-5-2-6(8(10)11)15-7(3-5)9(12)13;1-2/h2-3,8-9,14H,4H2,1H3;1-2H3. The molecule has 0 atom stereocenters. The molecule has 1 rings (SSSR count). The van der Waals surface area contributed by atoms with E-state index in [1.165, 1.54) is 0 Å². The molecule has 0 aliphatic heterocycles. The molecule has 1 N–H and O–H groups in total. The molecule has 0 bridgehead atoms. The topological polar surface area (TPSA) is 24.9 Å². The fourth-order valence-electron chi connectivity index (χ4n) is 1.16. The third kappa shape index (κ3) is 5.12. The molecule has 0 spiro atoms. The fourth-order valence-corrected chi connectivity index (χ4v) is 1.16. The summed E-state index contributed by atoms with van der Waals surface area (Å²) in [6.45, 7) is 4.25. The van der Waals surface area contributed by atoms with Gasteiger partial charge in [0.2, 0.25) is 0 Å². The number of halogens is 4. The summed E-state index contributed by atoms with van der Waals surface area (Å²) in [7, 11) is 1.60. The van der Waals surface area contributed by atoms with Crippen LogP contribution in [0.2, 0.25) is 0 Å². The zero-order chi connectivity index (χ0) is 13.4. The minimum absolute atomic E-state index is 0.252. The van der Waals surface area contributed by atoms with Crippen molar-refractivity contribution in [2.24, 2.45) is 0 Å². The predicted molar refractivity (Wildman–Crippen MR) is 58.3 cm³/mol. The third-order valence-electron chi connectivity index (χ3n) is 1.75. The number of alkyl halides is 4. The van der Waals surface area contributed by atoms with E-state index in [9.17, 15) is 17.6 Å². The smallest absolute Gasteiger partial charge is 0.280 e. The maximum absolute atomic E-state index is 12.3. The van der Waals surface area contributed by atoms with E-state index < -0.39 is 24.2 Å². The molecule has 2 nitrogen and oxygen atoms in total. The molecule has 0 fully saturated rings. The molecule has 0 radical (unpaired) electrons. The van der Waals surface area contributed by atoms with Crippen LogP contribution in [0.3, 0.4) is 0 Å².